The fourth-order valence-electron chi connectivity index (χ4n) is 3.27. The molecular formula is C20H34N6O2. The van der Waals surface area contributed by atoms with Crippen LogP contribution in [0.25, 0.3) is 11.2 Å². The normalized spacial score (nSPS) is 23.2. The molecule has 28 heavy (non-hydrogen) atoms. The average molecular weight is 391 g/mol. The quantitative estimate of drug-likeness (QED) is 0.722. The highest BCUT2D eigenvalue weighted by Crippen LogP contribution is 2.31. The molecule has 0 aromatic carbocycles. The van der Waals surface area contributed by atoms with E-state index in [-0.39, 0.29) is 18.9 Å². The van der Waals surface area contributed by atoms with Crippen LogP contribution in [0.2, 0.25) is 0 Å². The number of nitrogens with zero attached hydrogens (tertiary/aromatic N) is 4. The first kappa shape index (κ1) is 22.1. The van der Waals surface area contributed by atoms with Gasteiger partial charge in [0.15, 0.2) is 17.0 Å². The minimum absolute atomic E-state index is 0.0471. The number of imidazole rings is 1. The molecule has 0 bridgehead atoms. The van der Waals surface area contributed by atoms with Gasteiger partial charge in [-0.15, -0.1) is 0 Å². The molecule has 0 radical (unpaired) electrons. The highest BCUT2D eigenvalue weighted by Gasteiger charge is 2.27. The minimum atomic E-state index is -0.130. The summed E-state index contributed by atoms with van der Waals surface area (Å²) in [6, 6.07) is 0. The van der Waals surface area contributed by atoms with E-state index in [1.54, 1.807) is 12.7 Å². The molecule has 2 aliphatic rings. The van der Waals surface area contributed by atoms with Crippen LogP contribution in [0.3, 0.4) is 0 Å². The van der Waals surface area contributed by atoms with Crippen LogP contribution >= 0.6 is 0 Å². The zero-order chi connectivity index (χ0) is 20.5. The van der Waals surface area contributed by atoms with E-state index in [4.69, 9.17) is 4.74 Å². The smallest absolute Gasteiger partial charge is 0.167 e. The molecule has 2 aromatic rings. The van der Waals surface area contributed by atoms with Crippen molar-refractivity contribution in [3.63, 3.8) is 0 Å². The van der Waals surface area contributed by atoms with Crippen molar-refractivity contribution in [3.05, 3.63) is 24.4 Å². The number of rotatable bonds is 5. The lowest BCUT2D eigenvalue weighted by Gasteiger charge is -2.14. The van der Waals surface area contributed by atoms with Crippen molar-refractivity contribution in [2.24, 2.45) is 5.92 Å². The molecule has 0 saturated carbocycles. The topological polar surface area (TPSA) is 97.1 Å². The summed E-state index contributed by atoms with van der Waals surface area (Å²) in [5, 5.41) is 15.9. The number of ether oxygens (including phenoxy) is 1. The molecule has 8 nitrogen and oxygen atoms in total. The highest BCUT2D eigenvalue weighted by atomic mass is 16.5. The maximum atomic E-state index is 9.23. The molecule has 0 spiro atoms. The molecule has 0 aliphatic carbocycles. The summed E-state index contributed by atoms with van der Waals surface area (Å²) in [6.45, 7) is 11.9. The van der Waals surface area contributed by atoms with E-state index < -0.39 is 0 Å². The van der Waals surface area contributed by atoms with Crippen LogP contribution in [0.4, 0.5) is 5.82 Å². The molecule has 0 amide bonds. The molecule has 2 aliphatic heterocycles. The maximum absolute atomic E-state index is 9.23. The summed E-state index contributed by atoms with van der Waals surface area (Å²) < 4.78 is 7.75. The predicted octanol–water partition coefficient (Wildman–Crippen LogP) is 3.08. The number of aliphatic hydroxyl groups is 1. The minimum Gasteiger partial charge on any atom is -0.394 e. The molecule has 3 atom stereocenters. The van der Waals surface area contributed by atoms with Gasteiger partial charge in [0.2, 0.25) is 0 Å². The SMILES string of the molecule is CC.CC.CC1C=C(CNc2ncnc3c2ncn3C2CCC(CO)O2)NC1. The van der Waals surface area contributed by atoms with Crippen molar-refractivity contribution in [1.29, 1.82) is 0 Å². The average Bonchev–Trinajstić information content (AvgIpc) is 3.48. The molecule has 3 N–H and O–H groups in total. The number of hydrogen-bond donors (Lipinski definition) is 3. The molecule has 3 unspecified atom stereocenters. The van der Waals surface area contributed by atoms with Gasteiger partial charge in [0.25, 0.3) is 0 Å². The van der Waals surface area contributed by atoms with Gasteiger partial charge < -0.3 is 20.5 Å². The number of anilines is 1. The monoisotopic (exact) mass is 390 g/mol. The Kier molecular flexibility index (Phi) is 8.66. The summed E-state index contributed by atoms with van der Waals surface area (Å²) in [5.74, 6) is 1.28. The zero-order valence-corrected chi connectivity index (χ0v) is 17.6. The van der Waals surface area contributed by atoms with Gasteiger partial charge >= 0.3 is 0 Å². The Hall–Kier alpha value is -2.19. The Balaban J connectivity index is 0.000000660. The molecule has 1 saturated heterocycles. The largest absolute Gasteiger partial charge is 0.394 e. The van der Waals surface area contributed by atoms with Crippen molar-refractivity contribution in [2.45, 2.75) is 59.8 Å². The number of fused-ring (bicyclic) bond motifs is 1. The fourth-order valence-corrected chi connectivity index (χ4v) is 3.27. The van der Waals surface area contributed by atoms with Crippen molar-refractivity contribution in [3.8, 4) is 0 Å². The third-order valence-electron chi connectivity index (χ3n) is 4.54. The van der Waals surface area contributed by atoms with E-state index in [0.717, 1.165) is 36.4 Å². The Morgan fingerprint density at radius 1 is 1.21 bits per heavy atom. The summed E-state index contributed by atoms with van der Waals surface area (Å²) in [4.78, 5) is 13.2. The van der Waals surface area contributed by atoms with Crippen molar-refractivity contribution in [1.82, 2.24) is 24.8 Å². The van der Waals surface area contributed by atoms with Crippen LogP contribution in [0, 0.1) is 5.92 Å². The van der Waals surface area contributed by atoms with E-state index in [2.05, 4.69) is 38.6 Å². The maximum Gasteiger partial charge on any atom is 0.167 e. The lowest BCUT2D eigenvalue weighted by atomic mass is 10.2. The van der Waals surface area contributed by atoms with E-state index in [1.165, 1.54) is 5.70 Å². The Labute approximate surface area is 167 Å². The van der Waals surface area contributed by atoms with E-state index in [9.17, 15) is 5.11 Å². The first-order valence-corrected chi connectivity index (χ1v) is 10.4. The van der Waals surface area contributed by atoms with Crippen LogP contribution in [-0.2, 0) is 4.74 Å². The van der Waals surface area contributed by atoms with Crippen molar-refractivity contribution < 1.29 is 9.84 Å². The Bertz CT molecular complexity index is 760. The summed E-state index contributed by atoms with van der Waals surface area (Å²) in [7, 11) is 0. The van der Waals surface area contributed by atoms with Crippen LogP contribution in [-0.4, -0.2) is 50.4 Å². The van der Waals surface area contributed by atoms with Gasteiger partial charge in [0.05, 0.1) is 25.6 Å². The van der Waals surface area contributed by atoms with Crippen LogP contribution < -0.4 is 10.6 Å². The Morgan fingerprint density at radius 3 is 2.64 bits per heavy atom. The third-order valence-corrected chi connectivity index (χ3v) is 4.54. The number of aromatic nitrogens is 4. The second-order valence-corrected chi connectivity index (χ2v) is 6.42. The molecule has 8 heteroatoms. The van der Waals surface area contributed by atoms with Gasteiger partial charge in [0.1, 0.15) is 12.6 Å². The van der Waals surface area contributed by atoms with E-state index in [1.807, 2.05) is 32.3 Å². The van der Waals surface area contributed by atoms with E-state index in [0.29, 0.717) is 12.5 Å². The van der Waals surface area contributed by atoms with Gasteiger partial charge in [-0.2, -0.15) is 0 Å². The lowest BCUT2D eigenvalue weighted by Crippen LogP contribution is -2.17. The summed E-state index contributed by atoms with van der Waals surface area (Å²) in [6.07, 6.45) is 6.97. The van der Waals surface area contributed by atoms with Crippen LogP contribution in [0.15, 0.2) is 24.4 Å². The molecule has 1 fully saturated rings. The third kappa shape index (κ3) is 4.99. The van der Waals surface area contributed by atoms with Crippen LogP contribution in [0.1, 0.15) is 53.7 Å². The molecule has 4 rings (SSSR count). The van der Waals surface area contributed by atoms with Crippen LogP contribution in [0.5, 0.6) is 0 Å². The van der Waals surface area contributed by atoms with E-state index >= 15 is 0 Å². The van der Waals surface area contributed by atoms with Gasteiger partial charge in [-0.3, -0.25) is 4.57 Å². The predicted molar refractivity (Wildman–Crippen MR) is 112 cm³/mol. The molecular weight excluding hydrogens is 356 g/mol. The van der Waals surface area contributed by atoms with Gasteiger partial charge in [-0.25, -0.2) is 15.0 Å². The van der Waals surface area contributed by atoms with Gasteiger partial charge in [0, 0.05) is 12.2 Å². The second kappa shape index (κ2) is 11.0. The number of nitrogens with one attached hydrogen (secondary N) is 2. The second-order valence-electron chi connectivity index (χ2n) is 6.42. The lowest BCUT2D eigenvalue weighted by molar-refractivity contribution is -0.0207. The first-order chi connectivity index (χ1) is 13.7. The number of aliphatic hydroxyl groups excluding tert-OH is 1. The van der Waals surface area contributed by atoms with Crippen molar-refractivity contribution in [2.75, 3.05) is 25.0 Å². The first-order valence-electron chi connectivity index (χ1n) is 10.4. The molecule has 2 aromatic heterocycles. The van der Waals surface area contributed by atoms with Gasteiger partial charge in [-0.1, -0.05) is 40.7 Å². The molecule has 4 heterocycles. The standard InChI is InChI=1S/C16H22N6O2.2C2H6/c1-10-4-11(17-5-10)6-18-15-14-16(20-8-19-15)22(9-21-14)13-3-2-12(7-23)24-13;2*1-2/h4,8-10,12-13,17,23H,2-3,5-7H2,1H3,(H,18,19,20);2*1-2H3. The fraction of sp³-hybridized carbons (Fsp3) is 0.650. The zero-order valence-electron chi connectivity index (χ0n) is 17.6. The number of hydrogen-bond acceptors (Lipinski definition) is 7. The summed E-state index contributed by atoms with van der Waals surface area (Å²) >= 11 is 0. The van der Waals surface area contributed by atoms with Gasteiger partial charge in [-0.05, 0) is 18.8 Å². The van der Waals surface area contributed by atoms with Crippen molar-refractivity contribution >= 4 is 17.0 Å². The highest BCUT2D eigenvalue weighted by molar-refractivity contribution is 5.82. The Morgan fingerprint density at radius 2 is 2.00 bits per heavy atom. The molecule has 156 valence electrons. The summed E-state index contributed by atoms with van der Waals surface area (Å²) in [5.41, 5.74) is 2.66.